The number of halogens is 1. The lowest BCUT2D eigenvalue weighted by Gasteiger charge is -2.30. The number of rotatable bonds is 3. The SMILES string of the molecule is CNC(=O)[C@@H](NC(=O)n1nc(-c2ccc(F)cc2)c2c1CCN(C)C2)C(C)(C)C. The number of fused-ring (bicyclic) bond motifs is 1. The van der Waals surface area contributed by atoms with Gasteiger partial charge in [-0.15, -0.1) is 0 Å². The van der Waals surface area contributed by atoms with Gasteiger partial charge in [-0.2, -0.15) is 9.78 Å². The summed E-state index contributed by atoms with van der Waals surface area (Å²) in [5, 5.41) is 10.0. The molecule has 1 atom stereocenters. The number of hydrogen-bond donors (Lipinski definition) is 2. The Labute approximate surface area is 170 Å². The Balaban J connectivity index is 2.01. The molecule has 0 spiro atoms. The molecule has 1 aromatic heterocycles. The summed E-state index contributed by atoms with van der Waals surface area (Å²) in [6, 6.07) is 4.95. The van der Waals surface area contributed by atoms with Gasteiger partial charge in [0.1, 0.15) is 11.9 Å². The smallest absolute Gasteiger partial charge is 0.343 e. The van der Waals surface area contributed by atoms with Gasteiger partial charge >= 0.3 is 6.03 Å². The molecule has 1 aliphatic rings. The van der Waals surface area contributed by atoms with E-state index in [0.717, 1.165) is 23.4 Å². The zero-order valence-electron chi connectivity index (χ0n) is 17.5. The highest BCUT2D eigenvalue weighted by Crippen LogP contribution is 2.30. The molecule has 0 aliphatic carbocycles. The van der Waals surface area contributed by atoms with Crippen molar-refractivity contribution in [3.8, 4) is 11.3 Å². The zero-order chi connectivity index (χ0) is 21.3. The lowest BCUT2D eigenvalue weighted by atomic mass is 9.86. The van der Waals surface area contributed by atoms with E-state index in [9.17, 15) is 14.0 Å². The fraction of sp³-hybridized carbons (Fsp3) is 0.476. The van der Waals surface area contributed by atoms with E-state index in [2.05, 4.69) is 20.6 Å². The molecule has 0 bridgehead atoms. The lowest BCUT2D eigenvalue weighted by molar-refractivity contribution is -0.124. The Bertz CT molecular complexity index is 914. The highest BCUT2D eigenvalue weighted by Gasteiger charge is 2.34. The zero-order valence-corrected chi connectivity index (χ0v) is 17.5. The number of benzene rings is 1. The van der Waals surface area contributed by atoms with E-state index in [0.29, 0.717) is 18.7 Å². The van der Waals surface area contributed by atoms with Gasteiger partial charge in [-0.1, -0.05) is 20.8 Å². The van der Waals surface area contributed by atoms with Crippen molar-refractivity contribution in [2.45, 2.75) is 39.8 Å². The molecule has 1 aliphatic heterocycles. The van der Waals surface area contributed by atoms with E-state index in [1.807, 2.05) is 27.8 Å². The van der Waals surface area contributed by atoms with Crippen LogP contribution >= 0.6 is 0 Å². The van der Waals surface area contributed by atoms with Crippen LogP contribution in [0.2, 0.25) is 0 Å². The Kier molecular flexibility index (Phi) is 5.75. The van der Waals surface area contributed by atoms with E-state index in [1.54, 1.807) is 19.2 Å². The second-order valence-electron chi connectivity index (χ2n) is 8.54. The lowest BCUT2D eigenvalue weighted by Crippen LogP contribution is -2.54. The highest BCUT2D eigenvalue weighted by molar-refractivity contribution is 5.88. The van der Waals surface area contributed by atoms with Crippen molar-refractivity contribution in [1.29, 1.82) is 0 Å². The molecule has 0 saturated heterocycles. The van der Waals surface area contributed by atoms with Crippen molar-refractivity contribution in [1.82, 2.24) is 25.3 Å². The Hall–Kier alpha value is -2.74. The third-order valence-electron chi connectivity index (χ3n) is 5.20. The van der Waals surface area contributed by atoms with Gasteiger partial charge in [0.15, 0.2) is 0 Å². The number of hydrogen-bond acceptors (Lipinski definition) is 4. The first-order chi connectivity index (χ1) is 13.6. The van der Waals surface area contributed by atoms with Gasteiger partial charge in [0.05, 0.1) is 11.4 Å². The number of likely N-dealkylation sites (N-methyl/N-ethyl adjacent to an activating group) is 2. The van der Waals surface area contributed by atoms with Gasteiger partial charge in [-0.05, 0) is 36.7 Å². The first-order valence-corrected chi connectivity index (χ1v) is 9.69. The third-order valence-corrected chi connectivity index (χ3v) is 5.20. The summed E-state index contributed by atoms with van der Waals surface area (Å²) in [6.07, 6.45) is 0.660. The van der Waals surface area contributed by atoms with E-state index in [1.165, 1.54) is 16.8 Å². The largest absolute Gasteiger partial charge is 0.357 e. The molecule has 3 rings (SSSR count). The summed E-state index contributed by atoms with van der Waals surface area (Å²) in [6.45, 7) is 7.13. The molecule has 156 valence electrons. The Morgan fingerprint density at radius 3 is 2.45 bits per heavy atom. The van der Waals surface area contributed by atoms with E-state index >= 15 is 0 Å². The molecule has 0 radical (unpaired) electrons. The molecule has 0 unspecified atom stereocenters. The summed E-state index contributed by atoms with van der Waals surface area (Å²) in [5.41, 5.74) is 2.72. The minimum atomic E-state index is -0.708. The fourth-order valence-electron chi connectivity index (χ4n) is 3.57. The van der Waals surface area contributed by atoms with Crippen LogP contribution in [0, 0.1) is 11.2 Å². The predicted octanol–water partition coefficient (Wildman–Crippen LogP) is 2.40. The van der Waals surface area contributed by atoms with Gasteiger partial charge in [0.25, 0.3) is 0 Å². The molecule has 0 saturated carbocycles. The monoisotopic (exact) mass is 401 g/mol. The first-order valence-electron chi connectivity index (χ1n) is 9.69. The van der Waals surface area contributed by atoms with Gasteiger partial charge < -0.3 is 15.5 Å². The van der Waals surface area contributed by atoms with Crippen LogP contribution in [0.25, 0.3) is 11.3 Å². The summed E-state index contributed by atoms with van der Waals surface area (Å²) < 4.78 is 14.7. The van der Waals surface area contributed by atoms with Crippen molar-refractivity contribution in [3.05, 3.63) is 41.3 Å². The number of nitrogens with zero attached hydrogens (tertiary/aromatic N) is 3. The summed E-state index contributed by atoms with van der Waals surface area (Å²) >= 11 is 0. The average Bonchev–Trinajstić information content (AvgIpc) is 3.03. The molecule has 2 heterocycles. The Morgan fingerprint density at radius 1 is 1.21 bits per heavy atom. The van der Waals surface area contributed by atoms with Crippen LogP contribution in [0.4, 0.5) is 9.18 Å². The van der Waals surface area contributed by atoms with Crippen molar-refractivity contribution in [2.75, 3.05) is 20.6 Å². The van der Waals surface area contributed by atoms with E-state index in [-0.39, 0.29) is 11.7 Å². The summed E-state index contributed by atoms with van der Waals surface area (Å²) in [7, 11) is 3.56. The molecule has 29 heavy (non-hydrogen) atoms. The maximum atomic E-state index is 13.4. The van der Waals surface area contributed by atoms with Crippen LogP contribution in [-0.4, -0.2) is 53.3 Å². The van der Waals surface area contributed by atoms with Crippen LogP contribution in [0.5, 0.6) is 0 Å². The molecular formula is C21H28FN5O2. The van der Waals surface area contributed by atoms with Crippen molar-refractivity contribution >= 4 is 11.9 Å². The van der Waals surface area contributed by atoms with Crippen LogP contribution in [0.3, 0.4) is 0 Å². The maximum Gasteiger partial charge on any atom is 0.343 e. The maximum absolute atomic E-state index is 13.4. The van der Waals surface area contributed by atoms with Crippen molar-refractivity contribution in [3.63, 3.8) is 0 Å². The molecular weight excluding hydrogens is 373 g/mol. The summed E-state index contributed by atoms with van der Waals surface area (Å²) in [4.78, 5) is 27.6. The quantitative estimate of drug-likeness (QED) is 0.828. The molecule has 2 aromatic rings. The third kappa shape index (κ3) is 4.32. The van der Waals surface area contributed by atoms with Crippen molar-refractivity contribution in [2.24, 2.45) is 5.41 Å². The molecule has 7 nitrogen and oxygen atoms in total. The second-order valence-corrected chi connectivity index (χ2v) is 8.54. The first kappa shape index (κ1) is 21.0. The normalized spacial score (nSPS) is 15.5. The highest BCUT2D eigenvalue weighted by atomic mass is 19.1. The van der Waals surface area contributed by atoms with Gasteiger partial charge in [-0.3, -0.25) is 4.79 Å². The van der Waals surface area contributed by atoms with Gasteiger partial charge in [0.2, 0.25) is 5.91 Å². The van der Waals surface area contributed by atoms with Crippen LogP contribution in [-0.2, 0) is 17.8 Å². The number of aromatic nitrogens is 2. The molecule has 0 fully saturated rings. The number of nitrogens with one attached hydrogen (secondary N) is 2. The van der Waals surface area contributed by atoms with Crippen LogP contribution in [0.1, 0.15) is 32.0 Å². The van der Waals surface area contributed by atoms with E-state index < -0.39 is 17.5 Å². The molecule has 1 aromatic carbocycles. The van der Waals surface area contributed by atoms with Crippen molar-refractivity contribution < 1.29 is 14.0 Å². The standard InChI is InChI=1S/C21H28FN5O2/c1-21(2,3)18(19(28)23-4)24-20(29)27-16-10-11-26(5)12-15(16)17(25-27)13-6-8-14(22)9-7-13/h6-9,18H,10-12H2,1-5H3,(H,23,28)(H,24,29)/t18-/m1/s1. The second kappa shape index (κ2) is 7.94. The van der Waals surface area contributed by atoms with Gasteiger partial charge in [-0.25, -0.2) is 9.18 Å². The summed E-state index contributed by atoms with van der Waals surface area (Å²) in [5.74, 6) is -0.583. The fourth-order valence-corrected chi connectivity index (χ4v) is 3.57. The van der Waals surface area contributed by atoms with Crippen LogP contribution in [0.15, 0.2) is 24.3 Å². The predicted molar refractivity (Wildman–Crippen MR) is 109 cm³/mol. The average molecular weight is 401 g/mol. The van der Waals surface area contributed by atoms with E-state index in [4.69, 9.17) is 0 Å². The molecule has 2 amide bonds. The number of amides is 2. The number of carbonyl (C=O) groups is 2. The van der Waals surface area contributed by atoms with Gasteiger partial charge in [0, 0.05) is 37.7 Å². The molecule has 8 heteroatoms. The van der Waals surface area contributed by atoms with Crippen LogP contribution < -0.4 is 10.6 Å². The topological polar surface area (TPSA) is 79.3 Å². The minimum absolute atomic E-state index is 0.259. The number of carbonyl (C=O) groups excluding carboxylic acids is 2. The minimum Gasteiger partial charge on any atom is -0.357 e. The molecule has 2 N–H and O–H groups in total. The Morgan fingerprint density at radius 2 is 1.86 bits per heavy atom.